The van der Waals surface area contributed by atoms with E-state index in [2.05, 4.69) is 13.8 Å². The average molecular weight is 251 g/mol. The quantitative estimate of drug-likeness (QED) is 0.806. The van der Waals surface area contributed by atoms with E-state index in [1.165, 1.54) is 12.8 Å². The van der Waals surface area contributed by atoms with Gasteiger partial charge in [0.15, 0.2) is 0 Å². The molecule has 0 saturated heterocycles. The van der Waals surface area contributed by atoms with Gasteiger partial charge in [0.2, 0.25) is 0 Å². The van der Waals surface area contributed by atoms with E-state index in [-0.39, 0.29) is 6.04 Å². The van der Waals surface area contributed by atoms with Crippen LogP contribution in [0.5, 0.6) is 11.5 Å². The number of unbranched alkanes of at least 4 members (excludes halogenated alkanes) is 1. The molecule has 3 nitrogen and oxygen atoms in total. The summed E-state index contributed by atoms with van der Waals surface area (Å²) in [5.74, 6) is 2.06. The molecular formula is C15H25NO2. The Labute approximate surface area is 110 Å². The summed E-state index contributed by atoms with van der Waals surface area (Å²) in [6.07, 6.45) is 3.57. The van der Waals surface area contributed by atoms with Crippen molar-refractivity contribution >= 4 is 0 Å². The van der Waals surface area contributed by atoms with Gasteiger partial charge in [-0.2, -0.15) is 0 Å². The minimum absolute atomic E-state index is 0.0115. The predicted molar refractivity (Wildman–Crippen MR) is 75.2 cm³/mol. The lowest BCUT2D eigenvalue weighted by molar-refractivity contribution is 0.371. The van der Waals surface area contributed by atoms with Gasteiger partial charge in [0.1, 0.15) is 11.5 Å². The molecule has 0 heterocycles. The normalized spacial score (nSPS) is 14.1. The Morgan fingerprint density at radius 1 is 1.22 bits per heavy atom. The van der Waals surface area contributed by atoms with E-state index in [1.54, 1.807) is 14.2 Å². The Hall–Kier alpha value is -1.22. The maximum atomic E-state index is 6.33. The van der Waals surface area contributed by atoms with Crippen LogP contribution in [0.25, 0.3) is 0 Å². The number of rotatable bonds is 7. The van der Waals surface area contributed by atoms with Crippen molar-refractivity contribution in [3.05, 3.63) is 23.8 Å². The predicted octanol–water partition coefficient (Wildman–Crippen LogP) is 3.53. The molecule has 0 fully saturated rings. The van der Waals surface area contributed by atoms with Crippen LogP contribution in [-0.2, 0) is 0 Å². The molecule has 0 radical (unpaired) electrons. The van der Waals surface area contributed by atoms with Crippen LogP contribution in [0.2, 0.25) is 0 Å². The van der Waals surface area contributed by atoms with E-state index in [4.69, 9.17) is 15.2 Å². The van der Waals surface area contributed by atoms with Crippen molar-refractivity contribution in [3.8, 4) is 11.5 Å². The fourth-order valence-electron chi connectivity index (χ4n) is 2.11. The molecule has 0 bridgehead atoms. The largest absolute Gasteiger partial charge is 0.497 e. The van der Waals surface area contributed by atoms with E-state index < -0.39 is 0 Å². The van der Waals surface area contributed by atoms with E-state index in [0.29, 0.717) is 5.92 Å². The number of benzene rings is 1. The summed E-state index contributed by atoms with van der Waals surface area (Å²) in [5.41, 5.74) is 7.38. The van der Waals surface area contributed by atoms with Crippen LogP contribution in [0.3, 0.4) is 0 Å². The summed E-state index contributed by atoms with van der Waals surface area (Å²) in [4.78, 5) is 0. The zero-order valence-electron chi connectivity index (χ0n) is 11.9. The van der Waals surface area contributed by atoms with Crippen molar-refractivity contribution in [1.82, 2.24) is 0 Å². The van der Waals surface area contributed by atoms with Gasteiger partial charge in [-0.05, 0) is 18.4 Å². The number of hydrogen-bond donors (Lipinski definition) is 1. The molecule has 0 aliphatic heterocycles. The van der Waals surface area contributed by atoms with Crippen molar-refractivity contribution in [2.24, 2.45) is 11.7 Å². The van der Waals surface area contributed by atoms with Crippen LogP contribution in [0, 0.1) is 5.92 Å². The molecule has 102 valence electrons. The second-order valence-electron chi connectivity index (χ2n) is 4.75. The van der Waals surface area contributed by atoms with E-state index >= 15 is 0 Å². The topological polar surface area (TPSA) is 44.5 Å². The number of nitrogens with two attached hydrogens (primary N) is 1. The van der Waals surface area contributed by atoms with Crippen molar-refractivity contribution in [1.29, 1.82) is 0 Å². The fourth-order valence-corrected chi connectivity index (χ4v) is 2.11. The third-order valence-corrected chi connectivity index (χ3v) is 3.43. The highest BCUT2D eigenvalue weighted by Crippen LogP contribution is 2.33. The Morgan fingerprint density at radius 2 is 1.94 bits per heavy atom. The second-order valence-corrected chi connectivity index (χ2v) is 4.75. The minimum Gasteiger partial charge on any atom is -0.497 e. The molecule has 0 amide bonds. The van der Waals surface area contributed by atoms with Crippen molar-refractivity contribution in [2.45, 2.75) is 39.2 Å². The zero-order valence-corrected chi connectivity index (χ0v) is 11.9. The van der Waals surface area contributed by atoms with Gasteiger partial charge < -0.3 is 15.2 Å². The van der Waals surface area contributed by atoms with E-state index in [9.17, 15) is 0 Å². The maximum absolute atomic E-state index is 6.33. The van der Waals surface area contributed by atoms with Gasteiger partial charge in [0.25, 0.3) is 0 Å². The van der Waals surface area contributed by atoms with Crippen LogP contribution >= 0.6 is 0 Å². The number of methoxy groups -OCH3 is 2. The third-order valence-electron chi connectivity index (χ3n) is 3.43. The Kier molecular flexibility index (Phi) is 5.99. The maximum Gasteiger partial charge on any atom is 0.127 e. The fraction of sp³-hybridized carbons (Fsp3) is 0.600. The van der Waals surface area contributed by atoms with E-state index in [1.807, 2.05) is 18.2 Å². The van der Waals surface area contributed by atoms with Gasteiger partial charge in [-0.15, -0.1) is 0 Å². The van der Waals surface area contributed by atoms with Gasteiger partial charge in [0.05, 0.1) is 14.2 Å². The lowest BCUT2D eigenvalue weighted by Gasteiger charge is -2.22. The molecule has 2 atom stereocenters. The Bertz CT molecular complexity index is 366. The molecule has 1 rings (SSSR count). The molecule has 18 heavy (non-hydrogen) atoms. The summed E-state index contributed by atoms with van der Waals surface area (Å²) in [6.45, 7) is 4.40. The van der Waals surface area contributed by atoms with Gasteiger partial charge >= 0.3 is 0 Å². The summed E-state index contributed by atoms with van der Waals surface area (Å²) in [7, 11) is 3.32. The van der Waals surface area contributed by atoms with Gasteiger partial charge in [-0.3, -0.25) is 0 Å². The molecule has 3 heteroatoms. The number of hydrogen-bond acceptors (Lipinski definition) is 3. The van der Waals surface area contributed by atoms with Gasteiger partial charge in [0, 0.05) is 17.7 Å². The third kappa shape index (κ3) is 3.64. The molecule has 0 saturated carbocycles. The SMILES string of the molecule is CCCCC(C)C(N)c1ccc(OC)cc1OC. The Morgan fingerprint density at radius 3 is 2.50 bits per heavy atom. The van der Waals surface area contributed by atoms with Gasteiger partial charge in [-0.1, -0.05) is 32.8 Å². The molecule has 0 aliphatic carbocycles. The van der Waals surface area contributed by atoms with Crippen molar-refractivity contribution in [2.75, 3.05) is 14.2 Å². The molecule has 0 spiro atoms. The van der Waals surface area contributed by atoms with Crippen LogP contribution in [0.4, 0.5) is 0 Å². The first kappa shape index (κ1) is 14.8. The highest BCUT2D eigenvalue weighted by Gasteiger charge is 2.18. The van der Waals surface area contributed by atoms with Gasteiger partial charge in [-0.25, -0.2) is 0 Å². The molecular weight excluding hydrogens is 226 g/mol. The minimum atomic E-state index is 0.0115. The molecule has 2 N–H and O–H groups in total. The summed E-state index contributed by atoms with van der Waals surface area (Å²) in [5, 5.41) is 0. The Balaban J connectivity index is 2.86. The molecule has 2 unspecified atom stereocenters. The first-order chi connectivity index (χ1) is 8.63. The summed E-state index contributed by atoms with van der Waals surface area (Å²) < 4.78 is 10.6. The van der Waals surface area contributed by atoms with Crippen LogP contribution in [0.1, 0.15) is 44.7 Å². The standard InChI is InChI=1S/C15H25NO2/c1-5-6-7-11(2)15(16)13-9-8-12(17-3)10-14(13)18-4/h8-11,15H,5-7,16H2,1-4H3. The first-order valence-corrected chi connectivity index (χ1v) is 6.61. The highest BCUT2D eigenvalue weighted by molar-refractivity contribution is 5.42. The van der Waals surface area contributed by atoms with Crippen LogP contribution < -0.4 is 15.2 Å². The smallest absolute Gasteiger partial charge is 0.127 e. The molecule has 1 aromatic rings. The van der Waals surface area contributed by atoms with Crippen LogP contribution in [0.15, 0.2) is 18.2 Å². The summed E-state index contributed by atoms with van der Waals surface area (Å²) in [6, 6.07) is 5.84. The van der Waals surface area contributed by atoms with Crippen molar-refractivity contribution in [3.63, 3.8) is 0 Å². The molecule has 0 aliphatic rings. The second kappa shape index (κ2) is 7.27. The van der Waals surface area contributed by atoms with E-state index in [0.717, 1.165) is 23.5 Å². The molecule has 0 aromatic heterocycles. The lowest BCUT2D eigenvalue weighted by Crippen LogP contribution is -2.19. The zero-order chi connectivity index (χ0) is 13.5. The first-order valence-electron chi connectivity index (χ1n) is 6.61. The van der Waals surface area contributed by atoms with Crippen LogP contribution in [-0.4, -0.2) is 14.2 Å². The molecule has 1 aromatic carbocycles. The highest BCUT2D eigenvalue weighted by atomic mass is 16.5. The van der Waals surface area contributed by atoms with Crippen molar-refractivity contribution < 1.29 is 9.47 Å². The average Bonchev–Trinajstić information content (AvgIpc) is 2.43. The monoisotopic (exact) mass is 251 g/mol. The summed E-state index contributed by atoms with van der Waals surface area (Å²) >= 11 is 0. The number of ether oxygens (including phenoxy) is 2. The lowest BCUT2D eigenvalue weighted by atomic mass is 9.90.